The van der Waals surface area contributed by atoms with E-state index in [2.05, 4.69) is 10.0 Å². The molecule has 0 aliphatic carbocycles. The van der Waals surface area contributed by atoms with E-state index >= 15 is 0 Å². The molecule has 2 atom stereocenters. The molecule has 2 rings (SSSR count). The van der Waals surface area contributed by atoms with Gasteiger partial charge in [0.05, 0.1) is 11.3 Å². The average molecular weight is 373 g/mol. The van der Waals surface area contributed by atoms with Gasteiger partial charge in [0.2, 0.25) is 10.0 Å². The Bertz CT molecular complexity index is 623. The predicted octanol–water partition coefficient (Wildman–Crippen LogP) is 2.54. The molecule has 1 fully saturated rings. The average Bonchev–Trinajstić information content (AvgIpc) is 2.40. The largest absolute Gasteiger partial charge is 0.416 e. The van der Waals surface area contributed by atoms with Crippen LogP contribution in [0.1, 0.15) is 24.5 Å². The van der Waals surface area contributed by atoms with E-state index in [0.717, 1.165) is 25.1 Å². The van der Waals surface area contributed by atoms with Crippen molar-refractivity contribution in [3.05, 3.63) is 35.4 Å². The zero-order chi connectivity index (χ0) is 16.4. The lowest BCUT2D eigenvalue weighted by atomic mass is 9.96. The number of alkyl halides is 3. The van der Waals surface area contributed by atoms with Crippen molar-refractivity contribution in [3.8, 4) is 0 Å². The number of benzene rings is 1. The van der Waals surface area contributed by atoms with Crippen molar-refractivity contribution < 1.29 is 21.6 Å². The molecule has 0 aromatic heterocycles. The summed E-state index contributed by atoms with van der Waals surface area (Å²) in [6.07, 6.45) is -3.62. The van der Waals surface area contributed by atoms with E-state index in [9.17, 15) is 21.6 Å². The molecule has 1 aliphatic heterocycles. The zero-order valence-corrected chi connectivity index (χ0v) is 14.2. The molecule has 1 aromatic rings. The van der Waals surface area contributed by atoms with Crippen molar-refractivity contribution in [2.24, 2.45) is 5.92 Å². The molecule has 4 nitrogen and oxygen atoms in total. The molecule has 0 spiro atoms. The Morgan fingerprint density at radius 1 is 1.35 bits per heavy atom. The van der Waals surface area contributed by atoms with Gasteiger partial charge in [0.25, 0.3) is 0 Å². The van der Waals surface area contributed by atoms with Crippen LogP contribution in [0.5, 0.6) is 0 Å². The van der Waals surface area contributed by atoms with Crippen LogP contribution in [-0.2, 0) is 22.0 Å². The summed E-state index contributed by atoms with van der Waals surface area (Å²) in [5.41, 5.74) is -0.716. The van der Waals surface area contributed by atoms with E-state index in [0.29, 0.717) is 6.54 Å². The number of hydrogen-bond donors (Lipinski definition) is 2. The van der Waals surface area contributed by atoms with E-state index in [1.165, 1.54) is 12.1 Å². The van der Waals surface area contributed by atoms with Crippen LogP contribution in [0.2, 0.25) is 0 Å². The minimum atomic E-state index is -4.48. The summed E-state index contributed by atoms with van der Waals surface area (Å²) < 4.78 is 64.8. The van der Waals surface area contributed by atoms with E-state index in [4.69, 9.17) is 0 Å². The van der Waals surface area contributed by atoms with Crippen molar-refractivity contribution in [3.63, 3.8) is 0 Å². The SMILES string of the molecule is CC1CCNCC1NS(=O)(=O)Cc1cccc(C(F)(F)F)c1.Cl. The van der Waals surface area contributed by atoms with Crippen LogP contribution in [-0.4, -0.2) is 27.5 Å². The first-order valence-corrected chi connectivity index (χ1v) is 8.69. The lowest BCUT2D eigenvalue weighted by molar-refractivity contribution is -0.137. The van der Waals surface area contributed by atoms with Crippen molar-refractivity contribution in [1.82, 2.24) is 10.0 Å². The summed E-state index contributed by atoms with van der Waals surface area (Å²) in [7, 11) is -3.69. The van der Waals surface area contributed by atoms with Gasteiger partial charge in [0.1, 0.15) is 0 Å². The maximum absolute atomic E-state index is 12.7. The number of hydrogen-bond acceptors (Lipinski definition) is 3. The van der Waals surface area contributed by atoms with Crippen molar-refractivity contribution in [2.75, 3.05) is 13.1 Å². The minimum Gasteiger partial charge on any atom is -0.315 e. The number of rotatable bonds is 4. The Balaban J connectivity index is 0.00000264. The molecule has 0 amide bonds. The predicted molar refractivity (Wildman–Crippen MR) is 84.9 cm³/mol. The number of halogens is 4. The van der Waals surface area contributed by atoms with Gasteiger partial charge in [-0.15, -0.1) is 12.4 Å². The van der Waals surface area contributed by atoms with Gasteiger partial charge in [-0.25, -0.2) is 13.1 Å². The van der Waals surface area contributed by atoms with E-state index < -0.39 is 27.5 Å². The van der Waals surface area contributed by atoms with Gasteiger partial charge >= 0.3 is 6.18 Å². The highest BCUT2D eigenvalue weighted by Gasteiger charge is 2.31. The van der Waals surface area contributed by atoms with Crippen molar-refractivity contribution in [1.29, 1.82) is 0 Å². The van der Waals surface area contributed by atoms with Crippen LogP contribution in [0.25, 0.3) is 0 Å². The van der Waals surface area contributed by atoms with Gasteiger partial charge in [0, 0.05) is 12.6 Å². The number of nitrogens with one attached hydrogen (secondary N) is 2. The maximum Gasteiger partial charge on any atom is 0.416 e. The van der Waals surface area contributed by atoms with Gasteiger partial charge in [-0.3, -0.25) is 0 Å². The summed E-state index contributed by atoms with van der Waals surface area (Å²) in [6, 6.07) is 4.18. The Morgan fingerprint density at radius 3 is 2.65 bits per heavy atom. The second kappa shape index (κ2) is 7.83. The maximum atomic E-state index is 12.7. The molecular weight excluding hydrogens is 353 g/mol. The number of piperidine rings is 1. The molecule has 1 aliphatic rings. The number of sulfonamides is 1. The molecule has 0 saturated carbocycles. The van der Waals surface area contributed by atoms with Gasteiger partial charge in [-0.2, -0.15) is 13.2 Å². The molecule has 132 valence electrons. The van der Waals surface area contributed by atoms with E-state index in [1.54, 1.807) is 0 Å². The molecule has 0 bridgehead atoms. The highest BCUT2D eigenvalue weighted by Crippen LogP contribution is 2.29. The second-order valence-electron chi connectivity index (χ2n) is 5.65. The van der Waals surface area contributed by atoms with E-state index in [1.807, 2.05) is 6.92 Å². The van der Waals surface area contributed by atoms with Crippen molar-refractivity contribution >= 4 is 22.4 Å². The molecule has 9 heteroatoms. The van der Waals surface area contributed by atoms with Crippen LogP contribution < -0.4 is 10.0 Å². The topological polar surface area (TPSA) is 58.2 Å². The lowest BCUT2D eigenvalue weighted by Crippen LogP contribution is -2.50. The fraction of sp³-hybridized carbons (Fsp3) is 0.571. The minimum absolute atomic E-state index is 0. The van der Waals surface area contributed by atoms with E-state index in [-0.39, 0.29) is 29.9 Å². The lowest BCUT2D eigenvalue weighted by Gasteiger charge is -2.30. The summed E-state index contributed by atoms with van der Waals surface area (Å²) in [5.74, 6) is -0.266. The second-order valence-corrected chi connectivity index (χ2v) is 7.41. The highest BCUT2D eigenvalue weighted by atomic mass is 35.5. The molecule has 2 N–H and O–H groups in total. The molecule has 23 heavy (non-hydrogen) atoms. The first-order valence-electron chi connectivity index (χ1n) is 7.04. The zero-order valence-electron chi connectivity index (χ0n) is 12.6. The Hall–Kier alpha value is -0.830. The first-order chi connectivity index (χ1) is 10.2. The van der Waals surface area contributed by atoms with Crippen molar-refractivity contribution in [2.45, 2.75) is 31.3 Å². The standard InChI is InChI=1S/C14H19F3N2O2S.ClH/c1-10-5-6-18-8-13(10)19-22(20,21)9-11-3-2-4-12(7-11)14(15,16)17;/h2-4,7,10,13,18-19H,5-6,8-9H2,1H3;1H. The smallest absolute Gasteiger partial charge is 0.315 e. The third-order valence-corrected chi connectivity index (χ3v) is 5.14. The van der Waals surface area contributed by atoms with Crippen LogP contribution in [0.4, 0.5) is 13.2 Å². The van der Waals surface area contributed by atoms with Crippen LogP contribution >= 0.6 is 12.4 Å². The molecule has 1 heterocycles. The van der Waals surface area contributed by atoms with Crippen LogP contribution in [0.3, 0.4) is 0 Å². The third kappa shape index (κ3) is 5.95. The molecule has 0 radical (unpaired) electrons. The fourth-order valence-electron chi connectivity index (χ4n) is 2.48. The highest BCUT2D eigenvalue weighted by molar-refractivity contribution is 7.88. The van der Waals surface area contributed by atoms with Gasteiger partial charge < -0.3 is 5.32 Å². The third-order valence-electron chi connectivity index (χ3n) is 3.77. The molecular formula is C14H20ClF3N2O2S. The molecule has 1 saturated heterocycles. The molecule has 1 aromatic carbocycles. The quantitative estimate of drug-likeness (QED) is 0.854. The summed E-state index contributed by atoms with van der Waals surface area (Å²) in [5, 5.41) is 3.10. The van der Waals surface area contributed by atoms with Crippen LogP contribution in [0, 0.1) is 5.92 Å². The summed E-state index contributed by atoms with van der Waals surface area (Å²) >= 11 is 0. The molecule has 2 unspecified atom stereocenters. The van der Waals surface area contributed by atoms with Gasteiger partial charge in [-0.05, 0) is 30.5 Å². The summed E-state index contributed by atoms with van der Waals surface area (Å²) in [6.45, 7) is 3.33. The van der Waals surface area contributed by atoms with Crippen LogP contribution in [0.15, 0.2) is 24.3 Å². The Morgan fingerprint density at radius 2 is 2.04 bits per heavy atom. The Kier molecular flexibility index (Phi) is 6.88. The Labute approximate surface area is 140 Å². The van der Waals surface area contributed by atoms with Gasteiger partial charge in [-0.1, -0.05) is 25.1 Å². The monoisotopic (exact) mass is 372 g/mol. The van der Waals surface area contributed by atoms with Gasteiger partial charge in [0.15, 0.2) is 0 Å². The first kappa shape index (κ1) is 20.2. The summed E-state index contributed by atoms with van der Waals surface area (Å²) in [4.78, 5) is 0. The fourth-order valence-corrected chi connectivity index (χ4v) is 3.96. The normalized spacial score (nSPS) is 22.4.